The fraction of sp³-hybridized carbons (Fsp3) is 0.250. The van der Waals surface area contributed by atoms with Crippen LogP contribution >= 0.6 is 0 Å². The molecule has 0 saturated heterocycles. The summed E-state index contributed by atoms with van der Waals surface area (Å²) >= 11 is 0. The average molecular weight is 377 g/mol. The first-order valence-electron chi connectivity index (χ1n) is 8.99. The molecule has 0 saturated carbocycles. The van der Waals surface area contributed by atoms with Crippen LogP contribution in [-0.4, -0.2) is 31.9 Å². The van der Waals surface area contributed by atoms with Gasteiger partial charge in [-0.15, -0.1) is 0 Å². The number of amides is 1. The monoisotopic (exact) mass is 377 g/mol. The lowest BCUT2D eigenvalue weighted by molar-refractivity contribution is -0.384. The maximum atomic E-state index is 12.9. The molecule has 4 rings (SSSR count). The zero-order valence-electron chi connectivity index (χ0n) is 15.6. The van der Waals surface area contributed by atoms with Crippen molar-refractivity contribution in [3.8, 4) is 5.95 Å². The van der Waals surface area contributed by atoms with Crippen molar-refractivity contribution in [3.05, 3.63) is 75.4 Å². The van der Waals surface area contributed by atoms with Crippen molar-refractivity contribution in [2.75, 3.05) is 11.4 Å². The van der Waals surface area contributed by atoms with Gasteiger partial charge in [0.05, 0.1) is 17.0 Å². The lowest BCUT2D eigenvalue weighted by Crippen LogP contribution is -2.30. The van der Waals surface area contributed by atoms with E-state index in [9.17, 15) is 14.9 Å². The normalized spacial score (nSPS) is 12.9. The first-order chi connectivity index (χ1) is 13.4. The summed E-state index contributed by atoms with van der Waals surface area (Å²) < 4.78 is 1.94. The summed E-state index contributed by atoms with van der Waals surface area (Å²) in [5, 5.41) is 10.9. The third-order valence-corrected chi connectivity index (χ3v) is 4.97. The Labute approximate surface area is 161 Å². The summed E-state index contributed by atoms with van der Waals surface area (Å²) in [6.45, 7) is 4.48. The molecule has 2 aromatic heterocycles. The van der Waals surface area contributed by atoms with Crippen molar-refractivity contribution in [1.29, 1.82) is 0 Å². The standard InChI is InChI=1S/C20H19N5O3/c1-13-3-4-14(2)24(13)20-21-9-7-16(22-20)12-19(26)23-10-8-15-11-17(25(27)28)5-6-18(15)23/h3-7,9,11H,8,10,12H2,1-2H3. The number of hydrogen-bond acceptors (Lipinski definition) is 5. The lowest BCUT2D eigenvalue weighted by Gasteiger charge is -2.17. The number of carbonyl (C=O) groups excluding carboxylic acids is 1. The smallest absolute Gasteiger partial charge is 0.269 e. The van der Waals surface area contributed by atoms with Crippen molar-refractivity contribution in [2.45, 2.75) is 26.7 Å². The lowest BCUT2D eigenvalue weighted by atomic mass is 10.1. The van der Waals surface area contributed by atoms with Gasteiger partial charge in [-0.1, -0.05) is 0 Å². The van der Waals surface area contributed by atoms with Gasteiger partial charge in [0.1, 0.15) is 0 Å². The van der Waals surface area contributed by atoms with E-state index in [0.29, 0.717) is 24.6 Å². The zero-order chi connectivity index (χ0) is 19.8. The minimum atomic E-state index is -0.418. The van der Waals surface area contributed by atoms with Crippen LogP contribution in [0.15, 0.2) is 42.6 Å². The summed E-state index contributed by atoms with van der Waals surface area (Å²) in [6.07, 6.45) is 2.41. The molecule has 0 radical (unpaired) electrons. The molecule has 1 aliphatic heterocycles. The van der Waals surface area contributed by atoms with E-state index in [1.807, 2.05) is 30.5 Å². The number of aromatic nitrogens is 3. The van der Waals surface area contributed by atoms with Gasteiger partial charge in [0.15, 0.2) is 0 Å². The molecule has 0 unspecified atom stereocenters. The van der Waals surface area contributed by atoms with Crippen LogP contribution in [0, 0.1) is 24.0 Å². The molecule has 0 bridgehead atoms. The van der Waals surface area contributed by atoms with Gasteiger partial charge in [-0.05, 0) is 50.1 Å². The van der Waals surface area contributed by atoms with Crippen LogP contribution in [0.5, 0.6) is 0 Å². The topological polar surface area (TPSA) is 94.2 Å². The highest BCUT2D eigenvalue weighted by atomic mass is 16.6. The van der Waals surface area contributed by atoms with Crippen molar-refractivity contribution >= 4 is 17.3 Å². The molecule has 1 aromatic carbocycles. The molecule has 3 aromatic rings. The Morgan fingerprint density at radius 3 is 2.64 bits per heavy atom. The van der Waals surface area contributed by atoms with E-state index in [-0.39, 0.29) is 18.0 Å². The van der Waals surface area contributed by atoms with Gasteiger partial charge < -0.3 is 4.90 Å². The summed E-state index contributed by atoms with van der Waals surface area (Å²) in [5.41, 5.74) is 4.29. The van der Waals surface area contributed by atoms with E-state index in [0.717, 1.165) is 22.6 Å². The Morgan fingerprint density at radius 2 is 1.93 bits per heavy atom. The second-order valence-electron chi connectivity index (χ2n) is 6.84. The third kappa shape index (κ3) is 3.13. The highest BCUT2D eigenvalue weighted by molar-refractivity contribution is 5.96. The molecule has 8 heteroatoms. The summed E-state index contributed by atoms with van der Waals surface area (Å²) in [7, 11) is 0. The summed E-state index contributed by atoms with van der Waals surface area (Å²) in [6, 6.07) is 10.4. The molecule has 0 atom stereocenters. The number of rotatable bonds is 4. The number of nitrogens with zero attached hydrogens (tertiary/aromatic N) is 5. The van der Waals surface area contributed by atoms with Gasteiger partial charge in [-0.25, -0.2) is 9.97 Å². The van der Waals surface area contributed by atoms with Crippen molar-refractivity contribution in [2.24, 2.45) is 0 Å². The number of aryl methyl sites for hydroxylation is 2. The number of nitro benzene ring substituents is 1. The molecule has 1 amide bonds. The molecular weight excluding hydrogens is 358 g/mol. The Kier molecular flexibility index (Phi) is 4.38. The molecule has 8 nitrogen and oxygen atoms in total. The van der Waals surface area contributed by atoms with Crippen LogP contribution < -0.4 is 4.90 Å². The number of non-ortho nitro benzene ring substituents is 1. The first kappa shape index (κ1) is 17.8. The number of carbonyl (C=O) groups is 1. The van der Waals surface area contributed by atoms with Crippen molar-refractivity contribution in [3.63, 3.8) is 0 Å². The number of benzene rings is 1. The predicted octanol–water partition coefficient (Wildman–Crippen LogP) is 2.92. The van der Waals surface area contributed by atoms with Gasteiger partial charge in [0.25, 0.3) is 5.69 Å². The maximum Gasteiger partial charge on any atom is 0.269 e. The fourth-order valence-electron chi connectivity index (χ4n) is 3.59. The SMILES string of the molecule is Cc1ccc(C)n1-c1nccc(CC(=O)N2CCc3cc([N+](=O)[O-])ccc32)n1. The molecule has 0 fully saturated rings. The number of hydrogen-bond donors (Lipinski definition) is 0. The Hall–Kier alpha value is -3.55. The van der Waals surface area contributed by atoms with Crippen LogP contribution in [0.4, 0.5) is 11.4 Å². The van der Waals surface area contributed by atoms with Crippen LogP contribution in [0.25, 0.3) is 5.95 Å². The maximum absolute atomic E-state index is 12.9. The molecule has 0 aliphatic carbocycles. The minimum Gasteiger partial charge on any atom is -0.311 e. The minimum absolute atomic E-state index is 0.0472. The second-order valence-corrected chi connectivity index (χ2v) is 6.84. The van der Waals surface area contributed by atoms with Crippen LogP contribution in [0.1, 0.15) is 22.6 Å². The highest BCUT2D eigenvalue weighted by Gasteiger charge is 2.26. The Bertz CT molecular complexity index is 1070. The zero-order valence-corrected chi connectivity index (χ0v) is 15.6. The number of anilines is 1. The molecule has 0 N–H and O–H groups in total. The molecule has 1 aliphatic rings. The Balaban J connectivity index is 1.56. The van der Waals surface area contributed by atoms with E-state index in [1.54, 1.807) is 29.3 Å². The third-order valence-electron chi connectivity index (χ3n) is 4.97. The molecule has 142 valence electrons. The van der Waals surface area contributed by atoms with E-state index in [2.05, 4.69) is 9.97 Å². The predicted molar refractivity (Wildman–Crippen MR) is 104 cm³/mol. The highest BCUT2D eigenvalue weighted by Crippen LogP contribution is 2.31. The van der Waals surface area contributed by atoms with E-state index < -0.39 is 4.92 Å². The van der Waals surface area contributed by atoms with E-state index >= 15 is 0 Å². The van der Waals surface area contributed by atoms with Gasteiger partial charge >= 0.3 is 0 Å². The quantitative estimate of drug-likeness (QED) is 0.515. The van der Waals surface area contributed by atoms with Crippen molar-refractivity contribution < 1.29 is 9.72 Å². The summed E-state index contributed by atoms with van der Waals surface area (Å²) in [4.78, 5) is 33.9. The van der Waals surface area contributed by atoms with Gasteiger partial charge in [-0.3, -0.25) is 19.5 Å². The van der Waals surface area contributed by atoms with E-state index in [4.69, 9.17) is 0 Å². The first-order valence-corrected chi connectivity index (χ1v) is 8.99. The molecule has 3 heterocycles. The number of nitro groups is 1. The average Bonchev–Trinajstić information content (AvgIpc) is 3.24. The Morgan fingerprint density at radius 1 is 1.18 bits per heavy atom. The number of fused-ring (bicyclic) bond motifs is 1. The van der Waals surface area contributed by atoms with Gasteiger partial charge in [0, 0.05) is 41.9 Å². The van der Waals surface area contributed by atoms with Crippen LogP contribution in [-0.2, 0) is 17.6 Å². The van der Waals surface area contributed by atoms with E-state index in [1.165, 1.54) is 6.07 Å². The van der Waals surface area contributed by atoms with Gasteiger partial charge in [0.2, 0.25) is 11.9 Å². The molecular formula is C20H19N5O3. The molecule has 0 spiro atoms. The largest absolute Gasteiger partial charge is 0.311 e. The summed E-state index contributed by atoms with van der Waals surface area (Å²) in [5.74, 6) is 0.459. The fourth-order valence-corrected chi connectivity index (χ4v) is 3.59. The van der Waals surface area contributed by atoms with Crippen LogP contribution in [0.3, 0.4) is 0 Å². The van der Waals surface area contributed by atoms with Crippen LogP contribution in [0.2, 0.25) is 0 Å². The molecule has 28 heavy (non-hydrogen) atoms. The van der Waals surface area contributed by atoms with Crippen molar-refractivity contribution in [1.82, 2.24) is 14.5 Å². The second kappa shape index (κ2) is 6.88. The van der Waals surface area contributed by atoms with Gasteiger partial charge in [-0.2, -0.15) is 0 Å².